The van der Waals surface area contributed by atoms with Crippen LogP contribution in [0.2, 0.25) is 0 Å². The lowest BCUT2D eigenvalue weighted by Crippen LogP contribution is -2.28. The molecule has 3 unspecified atom stereocenters. The van der Waals surface area contributed by atoms with E-state index in [-0.39, 0.29) is 0 Å². The minimum Gasteiger partial charge on any atom is -0.179 e. The van der Waals surface area contributed by atoms with Crippen molar-refractivity contribution in [1.29, 1.82) is 0 Å². The predicted octanol–water partition coefficient (Wildman–Crippen LogP) is 4.55. The summed E-state index contributed by atoms with van der Waals surface area (Å²) in [4.78, 5) is 0. The smallest absolute Gasteiger partial charge is 0.00721 e. The van der Waals surface area contributed by atoms with Gasteiger partial charge in [0.15, 0.2) is 0 Å². The van der Waals surface area contributed by atoms with Crippen molar-refractivity contribution in [2.45, 2.75) is 58.3 Å². The van der Waals surface area contributed by atoms with Crippen molar-refractivity contribution in [2.24, 2.45) is 29.1 Å². The van der Waals surface area contributed by atoms with Crippen molar-refractivity contribution in [3.8, 4) is 0 Å². The molecule has 0 aromatic rings. The number of rotatable bonds is 5. The first-order valence-electron chi connectivity index (χ1n) is 7.40. The largest absolute Gasteiger partial charge is 0.179 e. The molecule has 0 N–H and O–H groups in total. The molecule has 0 aliphatic heterocycles. The Labute approximate surface area is 106 Å². The Morgan fingerprint density at radius 1 is 1.12 bits per heavy atom. The second-order valence-corrected chi connectivity index (χ2v) is 7.08. The van der Waals surface area contributed by atoms with Crippen LogP contribution >= 0.6 is 12.6 Å². The van der Waals surface area contributed by atoms with Gasteiger partial charge >= 0.3 is 0 Å². The van der Waals surface area contributed by atoms with Crippen LogP contribution in [-0.2, 0) is 0 Å². The van der Waals surface area contributed by atoms with E-state index < -0.39 is 0 Å². The highest BCUT2D eigenvalue weighted by Gasteiger charge is 2.68. The molecule has 0 nitrogen and oxygen atoms in total. The van der Waals surface area contributed by atoms with E-state index in [0.29, 0.717) is 0 Å². The Hall–Kier alpha value is 0.350. The molecular formula is C15H26S. The van der Waals surface area contributed by atoms with E-state index in [9.17, 15) is 0 Å². The van der Waals surface area contributed by atoms with E-state index in [1.54, 1.807) is 25.7 Å². The fourth-order valence-electron chi connectivity index (χ4n) is 4.84. The zero-order valence-electron chi connectivity index (χ0n) is 10.6. The summed E-state index contributed by atoms with van der Waals surface area (Å²) in [7, 11) is 0. The summed E-state index contributed by atoms with van der Waals surface area (Å²) in [5, 5.41) is 0. The number of hydrogen-bond acceptors (Lipinski definition) is 1. The van der Waals surface area contributed by atoms with Gasteiger partial charge in [-0.05, 0) is 73.4 Å². The maximum absolute atomic E-state index is 4.44. The van der Waals surface area contributed by atoms with Gasteiger partial charge in [-0.15, -0.1) is 0 Å². The molecule has 0 radical (unpaired) electrons. The van der Waals surface area contributed by atoms with Gasteiger partial charge in [-0.25, -0.2) is 0 Å². The Bertz CT molecular complexity index is 241. The van der Waals surface area contributed by atoms with Gasteiger partial charge < -0.3 is 0 Å². The van der Waals surface area contributed by atoms with Gasteiger partial charge in [0.05, 0.1) is 0 Å². The predicted molar refractivity (Wildman–Crippen MR) is 72.9 cm³/mol. The second kappa shape index (κ2) is 4.23. The van der Waals surface area contributed by atoms with Gasteiger partial charge in [0.25, 0.3) is 0 Å². The second-order valence-electron chi connectivity index (χ2n) is 6.71. The van der Waals surface area contributed by atoms with Gasteiger partial charge in [0.2, 0.25) is 0 Å². The van der Waals surface area contributed by atoms with Gasteiger partial charge in [-0.2, -0.15) is 12.6 Å². The highest BCUT2D eigenvalue weighted by molar-refractivity contribution is 7.80. The molecule has 0 aromatic carbocycles. The Balaban J connectivity index is 1.63. The molecule has 3 atom stereocenters. The minimum atomic E-state index is 0.835. The summed E-state index contributed by atoms with van der Waals surface area (Å²) in [6, 6.07) is 0. The van der Waals surface area contributed by atoms with Crippen LogP contribution < -0.4 is 0 Å². The third kappa shape index (κ3) is 1.57. The first kappa shape index (κ1) is 11.4. The van der Waals surface area contributed by atoms with E-state index in [0.717, 1.165) is 34.8 Å². The Kier molecular flexibility index (Phi) is 3.02. The molecule has 92 valence electrons. The van der Waals surface area contributed by atoms with Crippen LogP contribution in [-0.4, -0.2) is 5.75 Å². The summed E-state index contributed by atoms with van der Waals surface area (Å²) < 4.78 is 0. The molecule has 3 aliphatic carbocycles. The quantitative estimate of drug-likeness (QED) is 0.668. The lowest BCUT2D eigenvalue weighted by molar-refractivity contribution is 0.127. The van der Waals surface area contributed by atoms with Crippen LogP contribution in [0.5, 0.6) is 0 Å². The number of fused-ring (bicyclic) bond motifs is 1. The molecule has 16 heavy (non-hydrogen) atoms. The van der Waals surface area contributed by atoms with E-state index in [1.807, 2.05) is 0 Å². The van der Waals surface area contributed by atoms with Crippen molar-refractivity contribution in [1.82, 2.24) is 0 Å². The molecule has 0 spiro atoms. The average molecular weight is 238 g/mol. The molecule has 0 bridgehead atoms. The maximum atomic E-state index is 4.44. The maximum Gasteiger partial charge on any atom is -0.00721 e. The topological polar surface area (TPSA) is 0 Å². The molecule has 0 saturated heterocycles. The monoisotopic (exact) mass is 238 g/mol. The summed E-state index contributed by atoms with van der Waals surface area (Å²) in [6.45, 7) is 2.37. The van der Waals surface area contributed by atoms with E-state index >= 15 is 0 Å². The highest BCUT2D eigenvalue weighted by atomic mass is 32.1. The van der Waals surface area contributed by atoms with Gasteiger partial charge in [-0.3, -0.25) is 0 Å². The van der Waals surface area contributed by atoms with Crippen LogP contribution in [0.1, 0.15) is 58.3 Å². The zero-order valence-corrected chi connectivity index (χ0v) is 11.5. The van der Waals surface area contributed by atoms with Crippen LogP contribution in [0.25, 0.3) is 0 Å². The van der Waals surface area contributed by atoms with Gasteiger partial charge in [0, 0.05) is 0 Å². The fraction of sp³-hybridized carbons (Fsp3) is 1.00. The SMILES string of the molecule is CC(CS)CCC1(C2CCC2)C2CCCC21. The lowest BCUT2D eigenvalue weighted by atomic mass is 9.67. The van der Waals surface area contributed by atoms with Crippen molar-refractivity contribution in [3.63, 3.8) is 0 Å². The Morgan fingerprint density at radius 2 is 1.75 bits per heavy atom. The third-order valence-electron chi connectivity index (χ3n) is 6.03. The minimum absolute atomic E-state index is 0.835. The molecule has 0 amide bonds. The lowest BCUT2D eigenvalue weighted by Gasteiger charge is -2.38. The number of thiol groups is 1. The molecule has 3 fully saturated rings. The first-order valence-corrected chi connectivity index (χ1v) is 8.03. The molecule has 3 aliphatic rings. The van der Waals surface area contributed by atoms with Crippen LogP contribution in [0.4, 0.5) is 0 Å². The molecule has 0 aromatic heterocycles. The van der Waals surface area contributed by atoms with Crippen LogP contribution in [0, 0.1) is 29.1 Å². The van der Waals surface area contributed by atoms with Crippen molar-refractivity contribution in [2.75, 3.05) is 5.75 Å². The van der Waals surface area contributed by atoms with Crippen molar-refractivity contribution in [3.05, 3.63) is 0 Å². The normalized spacial score (nSPS) is 43.9. The first-order chi connectivity index (χ1) is 7.79. The van der Waals surface area contributed by atoms with Gasteiger partial charge in [-0.1, -0.05) is 19.8 Å². The highest BCUT2D eigenvalue weighted by Crippen LogP contribution is 2.75. The van der Waals surface area contributed by atoms with Crippen molar-refractivity contribution >= 4 is 12.6 Å². The summed E-state index contributed by atoms with van der Waals surface area (Å²) >= 11 is 4.44. The molecule has 3 saturated carbocycles. The van der Waals surface area contributed by atoms with E-state index in [4.69, 9.17) is 0 Å². The Morgan fingerprint density at radius 3 is 2.25 bits per heavy atom. The van der Waals surface area contributed by atoms with Crippen LogP contribution in [0.15, 0.2) is 0 Å². The summed E-state index contributed by atoms with van der Waals surface area (Å²) in [6.07, 6.45) is 12.3. The van der Waals surface area contributed by atoms with E-state index in [2.05, 4.69) is 19.6 Å². The third-order valence-corrected chi connectivity index (χ3v) is 6.66. The zero-order chi connectivity index (χ0) is 11.2. The average Bonchev–Trinajstić information content (AvgIpc) is 2.65. The molecule has 3 rings (SSSR count). The fourth-order valence-corrected chi connectivity index (χ4v) is 5.02. The summed E-state index contributed by atoms with van der Waals surface area (Å²) in [5.41, 5.74) is 0.855. The van der Waals surface area contributed by atoms with E-state index in [1.165, 1.54) is 25.7 Å². The molecule has 1 heteroatoms. The van der Waals surface area contributed by atoms with Crippen molar-refractivity contribution < 1.29 is 0 Å². The number of hydrogen-bond donors (Lipinski definition) is 1. The van der Waals surface area contributed by atoms with Gasteiger partial charge in [0.1, 0.15) is 0 Å². The standard InChI is InChI=1S/C15H26S/c1-11(10-16)8-9-15(12-4-2-5-12)13-6-3-7-14(13)15/h11-14,16H,2-10H2,1H3. The molecular weight excluding hydrogens is 212 g/mol. The summed E-state index contributed by atoms with van der Waals surface area (Å²) in [5.74, 6) is 5.36. The molecule has 0 heterocycles. The van der Waals surface area contributed by atoms with Crippen LogP contribution in [0.3, 0.4) is 0 Å².